The van der Waals surface area contributed by atoms with E-state index in [1.54, 1.807) is 11.9 Å². The molecule has 176 valence electrons. The summed E-state index contributed by atoms with van der Waals surface area (Å²) in [4.78, 5) is 78.3. The van der Waals surface area contributed by atoms with Crippen molar-refractivity contribution in [2.75, 3.05) is 0 Å². The van der Waals surface area contributed by atoms with Crippen LogP contribution in [0.1, 0.15) is 64.2 Å². The molecule has 0 aliphatic heterocycles. The number of hydrogen-bond acceptors (Lipinski definition) is 9. The van der Waals surface area contributed by atoms with Crippen LogP contribution in [0.25, 0.3) is 0 Å². The van der Waals surface area contributed by atoms with Crippen molar-refractivity contribution in [3.8, 4) is 0 Å². The summed E-state index contributed by atoms with van der Waals surface area (Å²) in [5.41, 5.74) is -4.23. The molecule has 0 aromatic rings. The molecule has 0 aliphatic carbocycles. The molecule has 0 rings (SSSR count). The highest BCUT2D eigenvalue weighted by Crippen LogP contribution is 2.28. The molecule has 0 atom stereocenters. The van der Waals surface area contributed by atoms with E-state index in [1.165, 1.54) is 35.8 Å². The normalized spacial score (nSPS) is 9.18. The zero-order valence-corrected chi connectivity index (χ0v) is 18.5. The van der Waals surface area contributed by atoms with Crippen molar-refractivity contribution >= 4 is 47.8 Å². The van der Waals surface area contributed by atoms with Crippen molar-refractivity contribution in [1.29, 1.82) is 0 Å². The Morgan fingerprint density at radius 3 is 1.53 bits per heavy atom. The number of rotatable bonds is 17. The van der Waals surface area contributed by atoms with Crippen LogP contribution in [0.3, 0.4) is 0 Å². The van der Waals surface area contributed by atoms with E-state index in [4.69, 9.17) is 5.21 Å². The van der Waals surface area contributed by atoms with E-state index >= 15 is 0 Å². The first kappa shape index (κ1) is 29.6. The predicted molar refractivity (Wildman–Crippen MR) is 122 cm³/mol. The number of hydrogen-bond donors (Lipinski definition) is 1. The van der Waals surface area contributed by atoms with E-state index in [0.717, 1.165) is 44.9 Å². The number of nitrogens with zero attached hydrogens (tertiary/aromatic N) is 1. The molecule has 0 radical (unpaired) electrons. The summed E-state index contributed by atoms with van der Waals surface area (Å²) in [6.07, 6.45) is 9.70. The molecule has 0 unspecified atom stereocenters. The van der Waals surface area contributed by atoms with Gasteiger partial charge < -0.3 is 5.21 Å². The number of unbranched alkanes of at least 4 members (excludes halogenated alkanes) is 8. The maximum absolute atomic E-state index is 11.5. The molecule has 1 N–H and O–H groups in total. The van der Waals surface area contributed by atoms with Gasteiger partial charge in [0.05, 0.1) is 39.7 Å². The van der Waals surface area contributed by atoms with Crippen molar-refractivity contribution in [2.24, 2.45) is 5.16 Å². The van der Waals surface area contributed by atoms with Gasteiger partial charge in [-0.25, -0.2) is 33.6 Å². The summed E-state index contributed by atoms with van der Waals surface area (Å²) < 4.78 is 0. The molecular weight excluding hydrogens is 442 g/mol. The first-order valence-electron chi connectivity index (χ1n) is 10.5. The van der Waals surface area contributed by atoms with Crippen molar-refractivity contribution < 1.29 is 38.8 Å². The quantitative estimate of drug-likeness (QED) is 0.0857. The Kier molecular flexibility index (Phi) is 16.8. The Bertz CT molecular complexity index is 1100. The molecule has 0 saturated heterocycles. The molecule has 9 heteroatoms. The van der Waals surface area contributed by atoms with E-state index in [2.05, 4.69) is 5.16 Å². The SMILES string of the molecule is O=C=CCCCCCCCCCCC(=C=O)C(=C=O)C(=C=O)C(=C=O)C(=C=O)C(=C=O)C=NO. The lowest BCUT2D eigenvalue weighted by Gasteiger charge is -2.08. The third kappa shape index (κ3) is 10.3. The van der Waals surface area contributed by atoms with Crippen LogP contribution in [0.4, 0.5) is 0 Å². The smallest absolute Gasteiger partial charge is 0.135 e. The lowest BCUT2D eigenvalue weighted by molar-refractivity contribution is 0.322. The molecule has 9 nitrogen and oxygen atoms in total. The second-order valence-electron chi connectivity index (χ2n) is 6.94. The molecule has 0 aromatic heterocycles. The molecule has 0 bridgehead atoms. The molecule has 34 heavy (non-hydrogen) atoms. The Morgan fingerprint density at radius 1 is 0.588 bits per heavy atom. The van der Waals surface area contributed by atoms with Gasteiger partial charge in [-0.3, -0.25) is 0 Å². The monoisotopic (exact) mass is 465 g/mol. The Hall–Kier alpha value is -4.38. The summed E-state index contributed by atoms with van der Waals surface area (Å²) in [7, 11) is 0. The van der Waals surface area contributed by atoms with Gasteiger partial charge in [0.1, 0.15) is 41.6 Å². The van der Waals surface area contributed by atoms with Gasteiger partial charge in [0.25, 0.3) is 0 Å². The van der Waals surface area contributed by atoms with Gasteiger partial charge in [0.15, 0.2) is 0 Å². The summed E-state index contributed by atoms with van der Waals surface area (Å²) in [5, 5.41) is 11.1. The highest BCUT2D eigenvalue weighted by molar-refractivity contribution is 6.05. The molecule has 0 aromatic carbocycles. The zero-order chi connectivity index (χ0) is 25.6. The summed E-state index contributed by atoms with van der Waals surface area (Å²) >= 11 is 0. The fourth-order valence-corrected chi connectivity index (χ4v) is 3.05. The van der Waals surface area contributed by atoms with E-state index in [-0.39, 0.29) is 12.0 Å². The fourth-order valence-electron chi connectivity index (χ4n) is 3.05. The Balaban J connectivity index is 5.17. The minimum absolute atomic E-state index is 0.0397. The van der Waals surface area contributed by atoms with Gasteiger partial charge in [0.2, 0.25) is 0 Å². The maximum Gasteiger partial charge on any atom is 0.135 e. The highest BCUT2D eigenvalue weighted by atomic mass is 16.4. The highest BCUT2D eigenvalue weighted by Gasteiger charge is 2.25. The van der Waals surface area contributed by atoms with Crippen LogP contribution in [-0.2, 0) is 33.6 Å². The second kappa shape index (κ2) is 19.3. The second-order valence-corrected chi connectivity index (χ2v) is 6.94. The largest absolute Gasteiger partial charge is 0.411 e. The number of carbonyl (C=O) groups excluding carboxylic acids is 7. The minimum Gasteiger partial charge on any atom is -0.411 e. The summed E-state index contributed by atoms with van der Waals surface area (Å²) in [6.45, 7) is 0. The van der Waals surface area contributed by atoms with E-state index in [0.29, 0.717) is 19.1 Å². The van der Waals surface area contributed by atoms with E-state index in [1.807, 2.05) is 0 Å². The standard InChI is InChI=1S/C25H23NO8/c27-12-10-8-6-4-2-1-3-5-7-9-11-20(14-28)22(16-30)24(18-32)25(19-33)23(17-31)21(15-29)13-26-34/h10,13,34H,1-9,11H2. The van der Waals surface area contributed by atoms with Gasteiger partial charge in [-0.05, 0) is 31.8 Å². The van der Waals surface area contributed by atoms with Crippen LogP contribution in [0, 0.1) is 0 Å². The molecular formula is C25H23NO8. The van der Waals surface area contributed by atoms with Crippen molar-refractivity contribution in [2.45, 2.75) is 64.2 Å². The van der Waals surface area contributed by atoms with Crippen LogP contribution in [-0.4, -0.2) is 53.0 Å². The topological polar surface area (TPSA) is 152 Å². The van der Waals surface area contributed by atoms with Crippen LogP contribution in [0.2, 0.25) is 0 Å². The van der Waals surface area contributed by atoms with E-state index < -0.39 is 27.9 Å². The van der Waals surface area contributed by atoms with Gasteiger partial charge in [0, 0.05) is 0 Å². The molecule has 0 fully saturated rings. The van der Waals surface area contributed by atoms with Gasteiger partial charge in [-0.2, -0.15) is 0 Å². The van der Waals surface area contributed by atoms with Crippen molar-refractivity contribution in [3.05, 3.63) is 39.5 Å². The Morgan fingerprint density at radius 2 is 1.09 bits per heavy atom. The maximum atomic E-state index is 11.5. The molecule has 0 amide bonds. The van der Waals surface area contributed by atoms with Crippen LogP contribution in [0.15, 0.2) is 44.7 Å². The van der Waals surface area contributed by atoms with Gasteiger partial charge in [-0.15, -0.1) is 0 Å². The average Bonchev–Trinajstić information content (AvgIpc) is 2.86. The summed E-state index contributed by atoms with van der Waals surface area (Å²) in [5.74, 6) is 9.66. The number of oxime groups is 1. The third-order valence-corrected chi connectivity index (χ3v) is 4.76. The predicted octanol–water partition coefficient (Wildman–Crippen LogP) is 2.28. The fraction of sp³-hybridized carbons (Fsp3) is 0.400. The van der Waals surface area contributed by atoms with Crippen LogP contribution in [0.5, 0.6) is 0 Å². The molecule has 0 saturated carbocycles. The molecule has 0 spiro atoms. The van der Waals surface area contributed by atoms with Crippen LogP contribution < -0.4 is 0 Å². The first-order valence-corrected chi connectivity index (χ1v) is 10.5. The minimum atomic E-state index is -0.891. The zero-order valence-electron chi connectivity index (χ0n) is 18.5. The van der Waals surface area contributed by atoms with Gasteiger partial charge >= 0.3 is 0 Å². The van der Waals surface area contributed by atoms with E-state index in [9.17, 15) is 33.6 Å². The lowest BCUT2D eigenvalue weighted by Crippen LogP contribution is -2.07. The Labute approximate surface area is 195 Å². The molecule has 0 heterocycles. The van der Waals surface area contributed by atoms with Crippen LogP contribution >= 0.6 is 0 Å². The lowest BCUT2D eigenvalue weighted by atomic mass is 9.87. The number of allylic oxidation sites excluding steroid dienone is 7. The van der Waals surface area contributed by atoms with Gasteiger partial charge in [-0.1, -0.05) is 43.7 Å². The summed E-state index contributed by atoms with van der Waals surface area (Å²) in [6, 6.07) is 0. The van der Waals surface area contributed by atoms with Crippen molar-refractivity contribution in [3.63, 3.8) is 0 Å². The molecule has 0 aliphatic rings. The van der Waals surface area contributed by atoms with Crippen molar-refractivity contribution in [1.82, 2.24) is 0 Å². The average molecular weight is 465 g/mol. The first-order chi connectivity index (χ1) is 16.6. The third-order valence-electron chi connectivity index (χ3n) is 4.76.